The van der Waals surface area contributed by atoms with Crippen molar-refractivity contribution >= 4 is 46.0 Å². The van der Waals surface area contributed by atoms with Gasteiger partial charge < -0.3 is 0 Å². The van der Waals surface area contributed by atoms with Crippen molar-refractivity contribution < 1.29 is 18.0 Å². The summed E-state index contributed by atoms with van der Waals surface area (Å²) >= 11 is 6.27. The van der Waals surface area contributed by atoms with Crippen molar-refractivity contribution in [2.75, 3.05) is 4.90 Å². The fourth-order valence-electron chi connectivity index (χ4n) is 2.33. The summed E-state index contributed by atoms with van der Waals surface area (Å²) in [6.45, 7) is 1.96. The van der Waals surface area contributed by atoms with E-state index in [2.05, 4.69) is 0 Å². The van der Waals surface area contributed by atoms with Crippen LogP contribution < -0.4 is 4.90 Å². The molecule has 2 aromatic rings. The van der Waals surface area contributed by atoms with E-state index < -0.39 is 17.6 Å². The highest BCUT2D eigenvalue weighted by molar-refractivity contribution is 8.27. The number of hydrogen-bond donors (Lipinski definition) is 0. The van der Waals surface area contributed by atoms with Crippen LogP contribution in [0.5, 0.6) is 0 Å². The fourth-order valence-corrected chi connectivity index (χ4v) is 3.62. The molecule has 1 aliphatic rings. The minimum atomic E-state index is -4.48. The first kappa shape index (κ1) is 17.7. The Labute approximate surface area is 152 Å². The Morgan fingerprint density at radius 2 is 1.80 bits per heavy atom. The van der Waals surface area contributed by atoms with Gasteiger partial charge in [0.05, 0.1) is 16.2 Å². The summed E-state index contributed by atoms with van der Waals surface area (Å²) in [5, 5.41) is 0. The molecule has 0 radical (unpaired) electrons. The van der Waals surface area contributed by atoms with Crippen molar-refractivity contribution in [1.29, 1.82) is 0 Å². The maximum Gasteiger partial charge on any atom is 0.416 e. The number of carbonyl (C=O) groups excluding carboxylic acids is 1. The first-order valence-corrected chi connectivity index (χ1v) is 8.50. The molecule has 25 heavy (non-hydrogen) atoms. The quantitative estimate of drug-likeness (QED) is 0.513. The van der Waals surface area contributed by atoms with Gasteiger partial charge in [-0.2, -0.15) is 13.2 Å². The molecule has 0 aliphatic carbocycles. The zero-order chi connectivity index (χ0) is 18.2. The molecule has 0 N–H and O–H groups in total. The predicted molar refractivity (Wildman–Crippen MR) is 98.3 cm³/mol. The molecule has 1 heterocycles. The maximum atomic E-state index is 12.9. The lowest BCUT2D eigenvalue weighted by Gasteiger charge is -2.16. The largest absolute Gasteiger partial charge is 0.416 e. The number of carbonyl (C=O) groups is 1. The first-order chi connectivity index (χ1) is 11.8. The van der Waals surface area contributed by atoms with Gasteiger partial charge in [-0.05, 0) is 36.8 Å². The zero-order valence-corrected chi connectivity index (χ0v) is 14.6. The smallest absolute Gasteiger partial charge is 0.268 e. The first-order valence-electron chi connectivity index (χ1n) is 7.27. The Kier molecular flexibility index (Phi) is 4.71. The second-order valence-corrected chi connectivity index (χ2v) is 7.15. The highest BCUT2D eigenvalue weighted by Gasteiger charge is 2.36. The topological polar surface area (TPSA) is 20.3 Å². The lowest BCUT2D eigenvalue weighted by Crippen LogP contribution is -2.27. The van der Waals surface area contributed by atoms with Gasteiger partial charge in [0.2, 0.25) is 0 Å². The number of halogens is 3. The molecular weight excluding hydrogens is 367 g/mol. The highest BCUT2D eigenvalue weighted by Crippen LogP contribution is 2.38. The summed E-state index contributed by atoms with van der Waals surface area (Å²) in [4.78, 5) is 14.1. The molecule has 2 nitrogen and oxygen atoms in total. The van der Waals surface area contributed by atoms with E-state index >= 15 is 0 Å². The van der Waals surface area contributed by atoms with Crippen molar-refractivity contribution in [2.24, 2.45) is 0 Å². The van der Waals surface area contributed by atoms with Gasteiger partial charge in [-0.15, -0.1) is 0 Å². The summed E-state index contributed by atoms with van der Waals surface area (Å²) in [5.74, 6) is -0.421. The van der Waals surface area contributed by atoms with Crippen molar-refractivity contribution in [2.45, 2.75) is 13.1 Å². The van der Waals surface area contributed by atoms with Gasteiger partial charge in [0.15, 0.2) is 4.32 Å². The van der Waals surface area contributed by atoms with Crippen molar-refractivity contribution in [3.05, 3.63) is 70.1 Å². The predicted octanol–water partition coefficient (Wildman–Crippen LogP) is 5.42. The van der Waals surface area contributed by atoms with Gasteiger partial charge in [0, 0.05) is 0 Å². The van der Waals surface area contributed by atoms with Crippen LogP contribution in [0.15, 0.2) is 53.4 Å². The summed E-state index contributed by atoms with van der Waals surface area (Å²) in [6.07, 6.45) is -2.79. The minimum absolute atomic E-state index is 0.115. The number of anilines is 1. The van der Waals surface area contributed by atoms with Gasteiger partial charge in [-0.1, -0.05) is 59.9 Å². The molecule has 1 aliphatic heterocycles. The standard InChI is InChI=1S/C18H12F3NOS2/c1-11-5-7-12(8-6-11)9-15-16(23)22(17(24)25-15)14-4-2-3-13(10-14)18(19,20)21/h2-10H,1H3/b15-9+. The van der Waals surface area contributed by atoms with Gasteiger partial charge in [0.1, 0.15) is 0 Å². The van der Waals surface area contributed by atoms with E-state index in [4.69, 9.17) is 12.2 Å². The summed E-state index contributed by atoms with van der Waals surface area (Å²) < 4.78 is 38.9. The number of thiocarbonyl (C=S) groups is 1. The normalized spacial score (nSPS) is 16.8. The number of nitrogens with zero attached hydrogens (tertiary/aromatic N) is 1. The Morgan fingerprint density at radius 1 is 1.12 bits per heavy atom. The van der Waals surface area contributed by atoms with Crippen molar-refractivity contribution in [1.82, 2.24) is 0 Å². The van der Waals surface area contributed by atoms with Gasteiger partial charge in [-0.25, -0.2) is 0 Å². The molecule has 2 aromatic carbocycles. The van der Waals surface area contributed by atoms with Crippen LogP contribution in [-0.4, -0.2) is 10.2 Å². The Hall–Kier alpha value is -2.12. The molecular formula is C18H12F3NOS2. The van der Waals surface area contributed by atoms with E-state index in [0.717, 1.165) is 39.9 Å². The molecule has 1 fully saturated rings. The molecule has 0 saturated carbocycles. The van der Waals surface area contributed by atoms with Crippen molar-refractivity contribution in [3.63, 3.8) is 0 Å². The van der Waals surface area contributed by atoms with E-state index in [1.165, 1.54) is 12.1 Å². The Morgan fingerprint density at radius 3 is 2.44 bits per heavy atom. The summed E-state index contributed by atoms with van der Waals surface area (Å²) in [6, 6.07) is 12.2. The van der Waals surface area contributed by atoms with Crippen LogP contribution in [0.25, 0.3) is 6.08 Å². The SMILES string of the molecule is Cc1ccc(/C=C2/SC(=S)N(c3cccc(C(F)(F)F)c3)C2=O)cc1. The Bertz CT molecular complexity index is 873. The van der Waals surface area contributed by atoms with Crippen LogP contribution >= 0.6 is 24.0 Å². The van der Waals surface area contributed by atoms with Crippen LogP contribution in [0.3, 0.4) is 0 Å². The molecule has 0 bridgehead atoms. The molecule has 0 aromatic heterocycles. The number of rotatable bonds is 2. The van der Waals surface area contributed by atoms with Gasteiger partial charge >= 0.3 is 6.18 Å². The van der Waals surface area contributed by atoms with E-state index in [1.807, 2.05) is 31.2 Å². The second-order valence-electron chi connectivity index (χ2n) is 5.48. The average Bonchev–Trinajstić information content (AvgIpc) is 2.83. The van der Waals surface area contributed by atoms with Crippen LogP contribution in [0, 0.1) is 6.92 Å². The molecule has 0 atom stereocenters. The van der Waals surface area contributed by atoms with E-state index in [9.17, 15) is 18.0 Å². The third kappa shape index (κ3) is 3.77. The maximum absolute atomic E-state index is 12.9. The Balaban J connectivity index is 1.93. The number of hydrogen-bond acceptors (Lipinski definition) is 3. The number of alkyl halides is 3. The average molecular weight is 379 g/mol. The lowest BCUT2D eigenvalue weighted by atomic mass is 10.1. The molecule has 7 heteroatoms. The van der Waals surface area contributed by atoms with Crippen LogP contribution in [-0.2, 0) is 11.0 Å². The highest BCUT2D eigenvalue weighted by atomic mass is 32.2. The van der Waals surface area contributed by atoms with Gasteiger partial charge in [-0.3, -0.25) is 9.69 Å². The molecule has 0 spiro atoms. The second kappa shape index (κ2) is 6.65. The minimum Gasteiger partial charge on any atom is -0.268 e. The molecule has 0 unspecified atom stereocenters. The van der Waals surface area contributed by atoms with E-state index in [0.29, 0.717) is 4.91 Å². The van der Waals surface area contributed by atoms with E-state index in [-0.39, 0.29) is 10.0 Å². The van der Waals surface area contributed by atoms with Crippen LogP contribution in [0.4, 0.5) is 18.9 Å². The summed E-state index contributed by atoms with van der Waals surface area (Å²) in [5.41, 5.74) is 1.22. The van der Waals surface area contributed by atoms with E-state index in [1.54, 1.807) is 6.08 Å². The van der Waals surface area contributed by atoms with Crippen LogP contribution in [0.1, 0.15) is 16.7 Å². The number of amides is 1. The summed E-state index contributed by atoms with van der Waals surface area (Å²) in [7, 11) is 0. The lowest BCUT2D eigenvalue weighted by molar-refractivity contribution is -0.137. The monoisotopic (exact) mass is 379 g/mol. The fraction of sp³-hybridized carbons (Fsp3) is 0.111. The zero-order valence-electron chi connectivity index (χ0n) is 13.0. The molecule has 3 rings (SSSR count). The molecule has 1 amide bonds. The van der Waals surface area contributed by atoms with Crippen molar-refractivity contribution in [3.8, 4) is 0 Å². The molecule has 1 saturated heterocycles. The number of thioether (sulfide) groups is 1. The third-order valence-electron chi connectivity index (χ3n) is 3.60. The molecule has 128 valence electrons. The third-order valence-corrected chi connectivity index (χ3v) is 4.90. The van der Waals surface area contributed by atoms with Crippen LogP contribution in [0.2, 0.25) is 0 Å². The number of aryl methyl sites for hydroxylation is 1. The number of benzene rings is 2. The van der Waals surface area contributed by atoms with Gasteiger partial charge in [0.25, 0.3) is 5.91 Å².